The Hall–Kier alpha value is -1.69. The van der Waals surface area contributed by atoms with Crippen LogP contribution in [-0.2, 0) is 11.3 Å². The standard InChI is InChI=1S/C14H15BrFN3O/c1-9-13(15)8-19(18-9)10(2)14(20)17-7-11-3-5-12(16)6-4-11/h3-6,8,10H,7H2,1-2H3,(H,17,20). The minimum atomic E-state index is -0.402. The van der Waals surface area contributed by atoms with Crippen LogP contribution in [0.2, 0.25) is 0 Å². The van der Waals surface area contributed by atoms with Gasteiger partial charge in [-0.1, -0.05) is 12.1 Å². The Morgan fingerprint density at radius 1 is 1.45 bits per heavy atom. The van der Waals surface area contributed by atoms with E-state index < -0.39 is 6.04 Å². The Kier molecular flexibility index (Phi) is 4.54. The zero-order valence-corrected chi connectivity index (χ0v) is 12.8. The van der Waals surface area contributed by atoms with Crippen molar-refractivity contribution in [2.24, 2.45) is 0 Å². The van der Waals surface area contributed by atoms with Crippen molar-refractivity contribution in [1.82, 2.24) is 15.1 Å². The van der Waals surface area contributed by atoms with E-state index in [4.69, 9.17) is 0 Å². The van der Waals surface area contributed by atoms with Crippen molar-refractivity contribution >= 4 is 21.8 Å². The van der Waals surface area contributed by atoms with E-state index >= 15 is 0 Å². The zero-order valence-electron chi connectivity index (χ0n) is 11.2. The van der Waals surface area contributed by atoms with Gasteiger partial charge in [-0.05, 0) is 47.5 Å². The molecule has 106 valence electrons. The number of aryl methyl sites for hydroxylation is 1. The molecular formula is C14H15BrFN3O. The van der Waals surface area contributed by atoms with Crippen LogP contribution >= 0.6 is 15.9 Å². The van der Waals surface area contributed by atoms with Gasteiger partial charge < -0.3 is 5.32 Å². The van der Waals surface area contributed by atoms with E-state index in [-0.39, 0.29) is 11.7 Å². The maximum absolute atomic E-state index is 12.8. The van der Waals surface area contributed by atoms with E-state index in [0.717, 1.165) is 15.7 Å². The molecule has 4 nitrogen and oxygen atoms in total. The fourth-order valence-corrected chi connectivity index (χ4v) is 2.01. The molecule has 0 bridgehead atoms. The monoisotopic (exact) mass is 339 g/mol. The number of nitrogens with one attached hydrogen (secondary N) is 1. The molecule has 1 unspecified atom stereocenters. The molecule has 0 saturated carbocycles. The van der Waals surface area contributed by atoms with Crippen molar-refractivity contribution in [3.05, 3.63) is 52.0 Å². The molecule has 1 N–H and O–H groups in total. The highest BCUT2D eigenvalue weighted by Gasteiger charge is 2.16. The second-order valence-corrected chi connectivity index (χ2v) is 5.42. The molecule has 2 rings (SSSR count). The number of benzene rings is 1. The molecule has 0 aliphatic carbocycles. The number of halogens is 2. The van der Waals surface area contributed by atoms with E-state index in [1.165, 1.54) is 12.1 Å². The van der Waals surface area contributed by atoms with E-state index in [9.17, 15) is 9.18 Å². The Balaban J connectivity index is 1.96. The van der Waals surface area contributed by atoms with Crippen molar-refractivity contribution in [2.45, 2.75) is 26.4 Å². The molecule has 0 aliphatic rings. The number of hydrogen-bond donors (Lipinski definition) is 1. The number of carbonyl (C=O) groups is 1. The van der Waals surface area contributed by atoms with Gasteiger partial charge in [-0.2, -0.15) is 5.10 Å². The molecule has 0 saturated heterocycles. The lowest BCUT2D eigenvalue weighted by molar-refractivity contribution is -0.124. The summed E-state index contributed by atoms with van der Waals surface area (Å²) in [6.07, 6.45) is 1.78. The molecule has 20 heavy (non-hydrogen) atoms. The molecular weight excluding hydrogens is 325 g/mol. The van der Waals surface area contributed by atoms with Gasteiger partial charge in [0.05, 0.1) is 10.2 Å². The predicted octanol–water partition coefficient (Wildman–Crippen LogP) is 2.97. The molecule has 1 atom stereocenters. The molecule has 0 radical (unpaired) electrons. The van der Waals surface area contributed by atoms with Crippen LogP contribution in [0.3, 0.4) is 0 Å². The van der Waals surface area contributed by atoms with Gasteiger partial charge in [-0.15, -0.1) is 0 Å². The third-order valence-electron chi connectivity index (χ3n) is 3.01. The molecule has 0 fully saturated rings. The largest absolute Gasteiger partial charge is 0.350 e. The number of aromatic nitrogens is 2. The SMILES string of the molecule is Cc1nn(C(C)C(=O)NCc2ccc(F)cc2)cc1Br. The summed E-state index contributed by atoms with van der Waals surface area (Å²) in [6.45, 7) is 4.01. The van der Waals surface area contributed by atoms with Crippen LogP contribution in [0.4, 0.5) is 4.39 Å². The summed E-state index contributed by atoms with van der Waals surface area (Å²) in [5, 5.41) is 7.07. The first-order valence-corrected chi connectivity index (χ1v) is 7.00. The lowest BCUT2D eigenvalue weighted by atomic mass is 10.2. The topological polar surface area (TPSA) is 46.9 Å². The highest BCUT2D eigenvalue weighted by atomic mass is 79.9. The van der Waals surface area contributed by atoms with E-state index in [1.807, 2.05) is 6.92 Å². The van der Waals surface area contributed by atoms with Gasteiger partial charge in [0.1, 0.15) is 11.9 Å². The molecule has 0 spiro atoms. The second kappa shape index (κ2) is 6.17. The van der Waals surface area contributed by atoms with Gasteiger partial charge in [0.15, 0.2) is 0 Å². The third kappa shape index (κ3) is 3.45. The maximum atomic E-state index is 12.8. The number of nitrogens with zero attached hydrogens (tertiary/aromatic N) is 2. The average molecular weight is 340 g/mol. The van der Waals surface area contributed by atoms with Gasteiger partial charge in [0.25, 0.3) is 0 Å². The molecule has 1 aromatic heterocycles. The zero-order chi connectivity index (χ0) is 14.7. The smallest absolute Gasteiger partial charge is 0.244 e. The summed E-state index contributed by atoms with van der Waals surface area (Å²) in [4.78, 5) is 12.0. The summed E-state index contributed by atoms with van der Waals surface area (Å²) in [5.41, 5.74) is 1.69. The van der Waals surface area contributed by atoms with E-state index in [1.54, 1.807) is 29.9 Å². The van der Waals surface area contributed by atoms with Crippen molar-refractivity contribution in [2.75, 3.05) is 0 Å². The molecule has 0 aliphatic heterocycles. The predicted molar refractivity (Wildman–Crippen MR) is 77.6 cm³/mol. The summed E-state index contributed by atoms with van der Waals surface area (Å²) >= 11 is 3.37. The van der Waals surface area contributed by atoms with Gasteiger partial charge in [0, 0.05) is 12.7 Å². The lowest BCUT2D eigenvalue weighted by Gasteiger charge is -2.12. The summed E-state index contributed by atoms with van der Waals surface area (Å²) in [5.74, 6) is -0.422. The number of hydrogen-bond acceptors (Lipinski definition) is 2. The van der Waals surface area contributed by atoms with Crippen LogP contribution < -0.4 is 5.32 Å². The second-order valence-electron chi connectivity index (χ2n) is 4.56. The summed E-state index contributed by atoms with van der Waals surface area (Å²) in [6, 6.07) is 5.64. The Labute approximate surface area is 125 Å². The maximum Gasteiger partial charge on any atom is 0.244 e. The molecule has 1 amide bonds. The Morgan fingerprint density at radius 3 is 2.65 bits per heavy atom. The van der Waals surface area contributed by atoms with Crippen LogP contribution in [0.25, 0.3) is 0 Å². The minimum absolute atomic E-state index is 0.135. The van der Waals surface area contributed by atoms with Crippen molar-refractivity contribution in [3.63, 3.8) is 0 Å². The van der Waals surface area contributed by atoms with Gasteiger partial charge in [-0.25, -0.2) is 4.39 Å². The van der Waals surface area contributed by atoms with Gasteiger partial charge in [-0.3, -0.25) is 9.48 Å². The van der Waals surface area contributed by atoms with Crippen LogP contribution in [-0.4, -0.2) is 15.7 Å². The van der Waals surface area contributed by atoms with Crippen molar-refractivity contribution in [1.29, 1.82) is 0 Å². The Morgan fingerprint density at radius 2 is 2.10 bits per heavy atom. The quantitative estimate of drug-likeness (QED) is 0.930. The number of amides is 1. The normalized spacial score (nSPS) is 12.2. The molecule has 2 aromatic rings. The first-order valence-electron chi connectivity index (χ1n) is 6.21. The van der Waals surface area contributed by atoms with Crippen LogP contribution in [0.5, 0.6) is 0 Å². The highest BCUT2D eigenvalue weighted by Crippen LogP contribution is 2.16. The lowest BCUT2D eigenvalue weighted by Crippen LogP contribution is -2.30. The van der Waals surface area contributed by atoms with Crippen LogP contribution in [0.1, 0.15) is 24.2 Å². The van der Waals surface area contributed by atoms with Crippen molar-refractivity contribution in [3.8, 4) is 0 Å². The van der Waals surface area contributed by atoms with Crippen LogP contribution in [0.15, 0.2) is 34.9 Å². The van der Waals surface area contributed by atoms with Crippen molar-refractivity contribution < 1.29 is 9.18 Å². The highest BCUT2D eigenvalue weighted by molar-refractivity contribution is 9.10. The molecule has 6 heteroatoms. The minimum Gasteiger partial charge on any atom is -0.350 e. The molecule has 1 heterocycles. The fourth-order valence-electron chi connectivity index (χ4n) is 1.72. The average Bonchev–Trinajstić information content (AvgIpc) is 2.77. The third-order valence-corrected chi connectivity index (χ3v) is 3.79. The number of carbonyl (C=O) groups excluding carboxylic acids is 1. The van der Waals surface area contributed by atoms with Gasteiger partial charge in [0.2, 0.25) is 5.91 Å². The first-order chi connectivity index (χ1) is 9.47. The molecule has 1 aromatic carbocycles. The summed E-state index contributed by atoms with van der Waals surface area (Å²) in [7, 11) is 0. The first kappa shape index (κ1) is 14.7. The Bertz CT molecular complexity index is 590. The fraction of sp³-hybridized carbons (Fsp3) is 0.286. The van der Waals surface area contributed by atoms with Gasteiger partial charge >= 0.3 is 0 Å². The van der Waals surface area contributed by atoms with E-state index in [0.29, 0.717) is 6.54 Å². The summed E-state index contributed by atoms with van der Waals surface area (Å²) < 4.78 is 15.3. The van der Waals surface area contributed by atoms with E-state index in [2.05, 4.69) is 26.3 Å². The number of rotatable bonds is 4. The van der Waals surface area contributed by atoms with Crippen LogP contribution in [0, 0.1) is 12.7 Å².